The van der Waals surface area contributed by atoms with E-state index in [1.807, 2.05) is 52.9 Å². The molecule has 0 atom stereocenters. The van der Waals surface area contributed by atoms with Gasteiger partial charge < -0.3 is 5.32 Å². The van der Waals surface area contributed by atoms with Crippen LogP contribution in [0.15, 0.2) is 46.9 Å². The second-order valence-electron chi connectivity index (χ2n) is 3.58. The molecule has 0 unspecified atom stereocenters. The van der Waals surface area contributed by atoms with Crippen molar-refractivity contribution in [3.05, 3.63) is 61.9 Å². The monoisotopic (exact) mass is 405 g/mol. The lowest BCUT2D eigenvalue weighted by Crippen LogP contribution is -2.01. The summed E-state index contributed by atoms with van der Waals surface area (Å²) in [5, 5.41) is 3.23. The Hall–Kier alpha value is -0.620. The van der Waals surface area contributed by atoms with E-state index in [0.29, 0.717) is 10.1 Å². The molecule has 0 radical (unpaired) electrons. The zero-order valence-corrected chi connectivity index (χ0v) is 12.6. The molecule has 2 rings (SSSR count). The Kier molecular flexibility index (Phi) is 4.39. The highest BCUT2D eigenvalue weighted by Gasteiger charge is 2.04. The lowest BCUT2D eigenvalue weighted by atomic mass is 10.2. The molecule has 0 saturated carbocycles. The Labute approximate surface area is 122 Å². The molecule has 17 heavy (non-hydrogen) atoms. The number of hydrogen-bond donors (Lipinski definition) is 1. The molecule has 1 N–H and O–H groups in total. The van der Waals surface area contributed by atoms with E-state index in [4.69, 9.17) is 0 Å². The number of hydrogen-bond acceptors (Lipinski definition) is 1. The van der Waals surface area contributed by atoms with Gasteiger partial charge in [-0.1, -0.05) is 34.1 Å². The topological polar surface area (TPSA) is 12.0 Å². The SMILES string of the molecule is Fc1cccc(NCc2cccc(Br)c2)c1I. The third kappa shape index (κ3) is 3.42. The Morgan fingerprint density at radius 1 is 1.18 bits per heavy atom. The van der Waals surface area contributed by atoms with Gasteiger partial charge in [0.25, 0.3) is 0 Å². The second-order valence-corrected chi connectivity index (χ2v) is 5.58. The summed E-state index contributed by atoms with van der Waals surface area (Å²) in [7, 11) is 0. The maximum Gasteiger partial charge on any atom is 0.138 e. The fraction of sp³-hybridized carbons (Fsp3) is 0.0769. The molecule has 0 aliphatic rings. The van der Waals surface area contributed by atoms with Crippen LogP contribution in [0.25, 0.3) is 0 Å². The summed E-state index contributed by atoms with van der Waals surface area (Å²) in [6.45, 7) is 0.679. The molecule has 2 aromatic rings. The first kappa shape index (κ1) is 12.8. The first-order valence-corrected chi connectivity index (χ1v) is 6.96. The van der Waals surface area contributed by atoms with Crippen molar-refractivity contribution in [3.8, 4) is 0 Å². The molecule has 4 heteroatoms. The fourth-order valence-corrected chi connectivity index (χ4v) is 2.48. The number of halogens is 3. The van der Waals surface area contributed by atoms with Gasteiger partial charge in [0.05, 0.1) is 9.26 Å². The molecule has 0 bridgehead atoms. The molecule has 0 aliphatic carbocycles. The lowest BCUT2D eigenvalue weighted by Gasteiger charge is -2.09. The van der Waals surface area contributed by atoms with Gasteiger partial charge in [-0.05, 0) is 52.4 Å². The number of anilines is 1. The van der Waals surface area contributed by atoms with Crippen molar-refractivity contribution >= 4 is 44.2 Å². The minimum atomic E-state index is -0.190. The van der Waals surface area contributed by atoms with Gasteiger partial charge in [0, 0.05) is 11.0 Å². The van der Waals surface area contributed by atoms with E-state index in [2.05, 4.69) is 21.2 Å². The highest BCUT2D eigenvalue weighted by molar-refractivity contribution is 14.1. The van der Waals surface area contributed by atoms with Gasteiger partial charge in [-0.25, -0.2) is 4.39 Å². The molecule has 0 amide bonds. The highest BCUT2D eigenvalue weighted by Crippen LogP contribution is 2.21. The van der Waals surface area contributed by atoms with Gasteiger partial charge in [0.1, 0.15) is 5.82 Å². The Balaban J connectivity index is 2.10. The van der Waals surface area contributed by atoms with Crippen LogP contribution in [0.5, 0.6) is 0 Å². The quantitative estimate of drug-likeness (QED) is 0.723. The van der Waals surface area contributed by atoms with E-state index in [0.717, 1.165) is 15.7 Å². The van der Waals surface area contributed by atoms with Gasteiger partial charge in [-0.3, -0.25) is 0 Å². The number of rotatable bonds is 3. The van der Waals surface area contributed by atoms with Gasteiger partial charge in [-0.15, -0.1) is 0 Å². The zero-order chi connectivity index (χ0) is 12.3. The largest absolute Gasteiger partial charge is 0.380 e. The van der Waals surface area contributed by atoms with E-state index >= 15 is 0 Å². The molecule has 2 aromatic carbocycles. The summed E-state index contributed by atoms with van der Waals surface area (Å²) in [6.07, 6.45) is 0. The molecule has 0 spiro atoms. The normalized spacial score (nSPS) is 10.3. The second kappa shape index (κ2) is 5.82. The van der Waals surface area contributed by atoms with Crippen molar-refractivity contribution in [3.63, 3.8) is 0 Å². The molecule has 0 fully saturated rings. The molecule has 1 nitrogen and oxygen atoms in total. The van der Waals surface area contributed by atoms with Crippen LogP contribution in [0.4, 0.5) is 10.1 Å². The Morgan fingerprint density at radius 2 is 1.94 bits per heavy atom. The maximum absolute atomic E-state index is 13.3. The summed E-state index contributed by atoms with van der Waals surface area (Å²) < 4.78 is 15.0. The van der Waals surface area contributed by atoms with Gasteiger partial charge in [0.2, 0.25) is 0 Å². The number of nitrogens with one attached hydrogen (secondary N) is 1. The average molecular weight is 406 g/mol. The van der Waals surface area contributed by atoms with Gasteiger partial charge in [0.15, 0.2) is 0 Å². The third-order valence-corrected chi connectivity index (χ3v) is 3.91. The van der Waals surface area contributed by atoms with Crippen LogP contribution in [-0.4, -0.2) is 0 Å². The van der Waals surface area contributed by atoms with Crippen molar-refractivity contribution in [2.45, 2.75) is 6.54 Å². The van der Waals surface area contributed by atoms with E-state index in [1.54, 1.807) is 6.07 Å². The van der Waals surface area contributed by atoms with Crippen molar-refractivity contribution in [1.29, 1.82) is 0 Å². The van der Waals surface area contributed by atoms with E-state index in [1.165, 1.54) is 6.07 Å². The summed E-state index contributed by atoms with van der Waals surface area (Å²) in [5.41, 5.74) is 1.98. The van der Waals surface area contributed by atoms with Crippen LogP contribution >= 0.6 is 38.5 Å². The van der Waals surface area contributed by atoms with Crippen LogP contribution in [0.1, 0.15) is 5.56 Å². The smallest absolute Gasteiger partial charge is 0.138 e. The standard InChI is InChI=1S/C13H10BrFIN/c14-10-4-1-3-9(7-10)8-17-12-6-2-5-11(15)13(12)16/h1-7,17H,8H2. The van der Waals surface area contributed by atoms with Crippen molar-refractivity contribution in [2.24, 2.45) is 0 Å². The first-order valence-electron chi connectivity index (χ1n) is 5.09. The maximum atomic E-state index is 13.3. The van der Waals surface area contributed by atoms with Crippen LogP contribution in [0.3, 0.4) is 0 Å². The molecular weight excluding hydrogens is 396 g/mol. The van der Waals surface area contributed by atoms with E-state index in [9.17, 15) is 4.39 Å². The highest BCUT2D eigenvalue weighted by atomic mass is 127. The Bertz CT molecular complexity index is 531. The summed E-state index contributed by atoms with van der Waals surface area (Å²) in [4.78, 5) is 0. The molecule has 88 valence electrons. The number of benzene rings is 2. The molecule has 0 saturated heterocycles. The van der Waals surface area contributed by atoms with E-state index < -0.39 is 0 Å². The molecule has 0 aliphatic heterocycles. The zero-order valence-electron chi connectivity index (χ0n) is 8.88. The van der Waals surface area contributed by atoms with E-state index in [-0.39, 0.29) is 5.82 Å². The van der Waals surface area contributed by atoms with Crippen LogP contribution in [-0.2, 0) is 6.54 Å². The third-order valence-electron chi connectivity index (χ3n) is 2.32. The van der Waals surface area contributed by atoms with Gasteiger partial charge in [-0.2, -0.15) is 0 Å². The van der Waals surface area contributed by atoms with Crippen LogP contribution in [0.2, 0.25) is 0 Å². The van der Waals surface area contributed by atoms with Crippen molar-refractivity contribution in [1.82, 2.24) is 0 Å². The minimum Gasteiger partial charge on any atom is -0.380 e. The summed E-state index contributed by atoms with van der Waals surface area (Å²) in [5.74, 6) is -0.190. The predicted molar refractivity (Wildman–Crippen MR) is 80.6 cm³/mol. The lowest BCUT2D eigenvalue weighted by molar-refractivity contribution is 0.621. The molecular formula is C13H10BrFIN. The van der Waals surface area contributed by atoms with Gasteiger partial charge >= 0.3 is 0 Å². The summed E-state index contributed by atoms with van der Waals surface area (Å²) in [6, 6.07) is 13.1. The Morgan fingerprint density at radius 3 is 2.71 bits per heavy atom. The predicted octanol–water partition coefficient (Wildman–Crippen LogP) is 4.80. The van der Waals surface area contributed by atoms with Crippen LogP contribution in [0, 0.1) is 9.39 Å². The van der Waals surface area contributed by atoms with Crippen molar-refractivity contribution < 1.29 is 4.39 Å². The van der Waals surface area contributed by atoms with Crippen LogP contribution < -0.4 is 5.32 Å². The molecule has 0 heterocycles. The fourth-order valence-electron chi connectivity index (χ4n) is 1.48. The average Bonchev–Trinajstić information content (AvgIpc) is 2.31. The summed E-state index contributed by atoms with van der Waals surface area (Å²) >= 11 is 5.43. The minimum absolute atomic E-state index is 0.190. The first-order chi connectivity index (χ1) is 8.16. The van der Waals surface area contributed by atoms with Crippen molar-refractivity contribution in [2.75, 3.05) is 5.32 Å². The molecule has 0 aromatic heterocycles.